The van der Waals surface area contributed by atoms with Crippen LogP contribution in [0.3, 0.4) is 0 Å². The number of aromatic nitrogens is 1. The molecule has 0 saturated heterocycles. The first-order valence-corrected chi connectivity index (χ1v) is 3.50. The highest BCUT2D eigenvalue weighted by atomic mass is 16.4. The molecule has 0 unspecified atom stereocenters. The van der Waals surface area contributed by atoms with E-state index in [1.165, 1.54) is 12.8 Å². The van der Waals surface area contributed by atoms with Crippen LogP contribution >= 0.6 is 0 Å². The molecule has 1 fully saturated rings. The number of rotatable bonds is 1. The summed E-state index contributed by atoms with van der Waals surface area (Å²) in [4.78, 5) is 4.18. The van der Waals surface area contributed by atoms with E-state index in [4.69, 9.17) is 10.2 Å². The highest BCUT2D eigenvalue weighted by molar-refractivity contribution is 5.30. The first-order valence-electron chi connectivity index (χ1n) is 3.50. The average Bonchev–Trinajstić information content (AvgIpc) is 2.64. The van der Waals surface area contributed by atoms with Gasteiger partial charge < -0.3 is 10.2 Å². The number of aryl methyl sites for hydroxylation is 1. The van der Waals surface area contributed by atoms with Gasteiger partial charge in [-0.05, 0) is 19.8 Å². The summed E-state index contributed by atoms with van der Waals surface area (Å²) >= 11 is 0. The van der Waals surface area contributed by atoms with Crippen LogP contribution in [0, 0.1) is 6.92 Å². The van der Waals surface area contributed by atoms with Gasteiger partial charge in [0.15, 0.2) is 5.89 Å². The van der Waals surface area contributed by atoms with Crippen molar-refractivity contribution in [3.8, 4) is 0 Å². The van der Waals surface area contributed by atoms with E-state index in [1.54, 1.807) is 0 Å². The van der Waals surface area contributed by atoms with Crippen LogP contribution in [-0.4, -0.2) is 4.98 Å². The molecule has 1 aliphatic carbocycles. The van der Waals surface area contributed by atoms with Crippen LogP contribution in [0.4, 0.5) is 5.88 Å². The first kappa shape index (κ1) is 5.77. The third-order valence-corrected chi connectivity index (χ3v) is 1.78. The normalized spacial score (nSPS) is 17.7. The zero-order valence-electron chi connectivity index (χ0n) is 5.92. The Morgan fingerprint density at radius 2 is 2.30 bits per heavy atom. The number of oxazole rings is 1. The van der Waals surface area contributed by atoms with Crippen molar-refractivity contribution in [2.24, 2.45) is 0 Å². The summed E-state index contributed by atoms with van der Waals surface area (Å²) in [5, 5.41) is 0. The molecule has 10 heavy (non-hydrogen) atoms. The van der Waals surface area contributed by atoms with E-state index in [-0.39, 0.29) is 0 Å². The standard InChI is InChI=1S/C7H10N2O/c1-4-6(8)10-7(9-4)5-2-3-5/h5H,2-3,8H2,1H3. The van der Waals surface area contributed by atoms with Crippen molar-refractivity contribution in [3.05, 3.63) is 11.6 Å². The number of nitrogens with two attached hydrogens (primary N) is 1. The van der Waals surface area contributed by atoms with Gasteiger partial charge in [-0.25, -0.2) is 4.98 Å². The molecule has 1 saturated carbocycles. The third kappa shape index (κ3) is 0.781. The molecule has 0 atom stereocenters. The number of hydrogen-bond donors (Lipinski definition) is 1. The van der Waals surface area contributed by atoms with Gasteiger partial charge in [-0.3, -0.25) is 0 Å². The molecule has 3 nitrogen and oxygen atoms in total. The van der Waals surface area contributed by atoms with E-state index < -0.39 is 0 Å². The van der Waals surface area contributed by atoms with Gasteiger partial charge in [-0.15, -0.1) is 0 Å². The second kappa shape index (κ2) is 1.75. The van der Waals surface area contributed by atoms with E-state index in [9.17, 15) is 0 Å². The highest BCUT2D eigenvalue weighted by Gasteiger charge is 2.29. The van der Waals surface area contributed by atoms with Gasteiger partial charge in [0.25, 0.3) is 0 Å². The van der Waals surface area contributed by atoms with E-state index in [0.717, 1.165) is 11.6 Å². The fourth-order valence-corrected chi connectivity index (χ4v) is 0.935. The van der Waals surface area contributed by atoms with Gasteiger partial charge in [-0.1, -0.05) is 0 Å². The smallest absolute Gasteiger partial charge is 0.214 e. The Morgan fingerprint density at radius 3 is 2.70 bits per heavy atom. The number of hydrogen-bond acceptors (Lipinski definition) is 3. The lowest BCUT2D eigenvalue weighted by atomic mass is 10.4. The van der Waals surface area contributed by atoms with Gasteiger partial charge in [-0.2, -0.15) is 0 Å². The first-order chi connectivity index (χ1) is 4.77. The summed E-state index contributed by atoms with van der Waals surface area (Å²) in [6.45, 7) is 1.87. The molecule has 1 aromatic rings. The van der Waals surface area contributed by atoms with Crippen LogP contribution in [0.5, 0.6) is 0 Å². The van der Waals surface area contributed by atoms with Crippen molar-refractivity contribution in [2.45, 2.75) is 25.7 Å². The average molecular weight is 138 g/mol. The zero-order valence-corrected chi connectivity index (χ0v) is 5.92. The Kier molecular flexibility index (Phi) is 1.01. The lowest BCUT2D eigenvalue weighted by molar-refractivity contribution is 0.513. The fraction of sp³-hybridized carbons (Fsp3) is 0.571. The predicted molar refractivity (Wildman–Crippen MR) is 37.6 cm³/mol. The Hall–Kier alpha value is -0.990. The Balaban J connectivity index is 2.34. The van der Waals surface area contributed by atoms with E-state index in [0.29, 0.717) is 11.8 Å². The van der Waals surface area contributed by atoms with Gasteiger partial charge >= 0.3 is 0 Å². The maximum Gasteiger partial charge on any atom is 0.214 e. The molecule has 0 bridgehead atoms. The zero-order chi connectivity index (χ0) is 7.14. The molecule has 0 spiro atoms. The maximum atomic E-state index is 5.48. The minimum Gasteiger partial charge on any atom is -0.425 e. The van der Waals surface area contributed by atoms with Gasteiger partial charge in [0, 0.05) is 5.92 Å². The summed E-state index contributed by atoms with van der Waals surface area (Å²) in [6, 6.07) is 0. The van der Waals surface area contributed by atoms with Crippen LogP contribution in [0.15, 0.2) is 4.42 Å². The van der Waals surface area contributed by atoms with E-state index >= 15 is 0 Å². The lowest BCUT2D eigenvalue weighted by Gasteiger charge is -1.83. The van der Waals surface area contributed by atoms with E-state index in [1.807, 2.05) is 6.92 Å². The SMILES string of the molecule is Cc1nc(C2CC2)oc1N. The van der Waals surface area contributed by atoms with Crippen LogP contribution in [0.2, 0.25) is 0 Å². The molecule has 54 valence electrons. The Labute approximate surface area is 59.2 Å². The largest absolute Gasteiger partial charge is 0.425 e. The van der Waals surface area contributed by atoms with Crippen LogP contribution in [0.25, 0.3) is 0 Å². The molecule has 3 heteroatoms. The van der Waals surface area contributed by atoms with Crippen LogP contribution in [0.1, 0.15) is 30.3 Å². The van der Waals surface area contributed by atoms with Crippen molar-refractivity contribution in [2.75, 3.05) is 5.73 Å². The van der Waals surface area contributed by atoms with Gasteiger partial charge in [0.05, 0.1) is 0 Å². The molecular weight excluding hydrogens is 128 g/mol. The number of anilines is 1. The summed E-state index contributed by atoms with van der Waals surface area (Å²) in [6.07, 6.45) is 2.42. The summed E-state index contributed by atoms with van der Waals surface area (Å²) in [5.41, 5.74) is 6.30. The molecular formula is C7H10N2O. The second-order valence-electron chi connectivity index (χ2n) is 2.78. The van der Waals surface area contributed by atoms with Crippen molar-refractivity contribution in [1.29, 1.82) is 0 Å². The van der Waals surface area contributed by atoms with Crippen molar-refractivity contribution >= 4 is 5.88 Å². The Bertz CT molecular complexity index is 231. The summed E-state index contributed by atoms with van der Waals surface area (Å²) in [7, 11) is 0. The molecule has 1 aliphatic rings. The fourth-order valence-electron chi connectivity index (χ4n) is 0.935. The molecule has 1 heterocycles. The highest BCUT2D eigenvalue weighted by Crippen LogP contribution is 2.40. The molecule has 2 rings (SSSR count). The van der Waals surface area contributed by atoms with E-state index in [2.05, 4.69) is 4.98 Å². The maximum absolute atomic E-state index is 5.48. The van der Waals surface area contributed by atoms with Crippen LogP contribution in [-0.2, 0) is 0 Å². The topological polar surface area (TPSA) is 52.0 Å². The quantitative estimate of drug-likeness (QED) is 0.638. The van der Waals surface area contributed by atoms with Crippen molar-refractivity contribution < 1.29 is 4.42 Å². The molecule has 0 aromatic carbocycles. The monoisotopic (exact) mass is 138 g/mol. The summed E-state index contributed by atoms with van der Waals surface area (Å²) in [5.74, 6) is 1.87. The minimum absolute atomic E-state index is 0.474. The number of nitrogens with zero attached hydrogens (tertiary/aromatic N) is 1. The second-order valence-corrected chi connectivity index (χ2v) is 2.78. The third-order valence-electron chi connectivity index (χ3n) is 1.78. The van der Waals surface area contributed by atoms with Crippen molar-refractivity contribution in [1.82, 2.24) is 4.98 Å². The number of nitrogen functional groups attached to an aromatic ring is 1. The predicted octanol–water partition coefficient (Wildman–Crippen LogP) is 1.44. The van der Waals surface area contributed by atoms with Gasteiger partial charge in [0.1, 0.15) is 5.69 Å². The minimum atomic E-state index is 0.474. The van der Waals surface area contributed by atoms with Crippen LogP contribution < -0.4 is 5.73 Å². The van der Waals surface area contributed by atoms with Crippen molar-refractivity contribution in [3.63, 3.8) is 0 Å². The summed E-state index contributed by atoms with van der Waals surface area (Å²) < 4.78 is 5.20. The molecule has 0 aliphatic heterocycles. The molecule has 1 aromatic heterocycles. The molecule has 2 N–H and O–H groups in total. The Morgan fingerprint density at radius 1 is 1.60 bits per heavy atom. The van der Waals surface area contributed by atoms with Gasteiger partial charge in [0.2, 0.25) is 5.88 Å². The lowest BCUT2D eigenvalue weighted by Crippen LogP contribution is -1.82. The molecule has 0 amide bonds. The molecule has 0 radical (unpaired) electrons.